The SMILES string of the molecule is [C-]#[N+]c1cc(-c2c(Cl)cc(CC(=O)Cc3ccccc3C#N)cc2Cl)ccc1CC(C)C. The zero-order chi connectivity index (χ0) is 23.3. The molecule has 0 aromatic heterocycles. The number of hydrogen-bond donors (Lipinski definition) is 0. The Hall–Kier alpha value is -3.11. The van der Waals surface area contributed by atoms with E-state index in [4.69, 9.17) is 29.8 Å². The molecule has 0 saturated carbocycles. The number of nitrogens with zero attached hydrogens (tertiary/aromatic N) is 2. The van der Waals surface area contributed by atoms with E-state index in [1.54, 1.807) is 30.3 Å². The molecule has 3 aromatic carbocycles. The van der Waals surface area contributed by atoms with E-state index in [1.807, 2.05) is 24.3 Å². The maximum absolute atomic E-state index is 12.6. The van der Waals surface area contributed by atoms with E-state index in [-0.39, 0.29) is 18.6 Å². The minimum Gasteiger partial charge on any atom is -0.299 e. The van der Waals surface area contributed by atoms with Crippen LogP contribution in [0.3, 0.4) is 0 Å². The molecule has 0 unspecified atom stereocenters. The Balaban J connectivity index is 1.85. The van der Waals surface area contributed by atoms with Gasteiger partial charge in [-0.25, -0.2) is 4.85 Å². The topological polar surface area (TPSA) is 45.2 Å². The van der Waals surface area contributed by atoms with E-state index in [1.165, 1.54) is 0 Å². The predicted octanol–water partition coefficient (Wildman–Crippen LogP) is 7.64. The highest BCUT2D eigenvalue weighted by molar-refractivity contribution is 6.39. The van der Waals surface area contributed by atoms with Crippen LogP contribution < -0.4 is 0 Å². The third-order valence-corrected chi connectivity index (χ3v) is 5.75. The standard InChI is InChI=1S/C27H22Cl2N2O/c1-17(2)10-20-8-9-21(15-26(20)31-3)27-24(28)12-18(13-25(27)29)11-23(32)14-19-6-4-5-7-22(19)16-30/h4-9,12-13,15,17H,10-11,14H2,1-2H3. The molecule has 0 spiro atoms. The predicted molar refractivity (Wildman–Crippen MR) is 130 cm³/mol. The zero-order valence-corrected chi connectivity index (χ0v) is 19.5. The van der Waals surface area contributed by atoms with E-state index in [2.05, 4.69) is 24.8 Å². The number of ketones is 1. The number of nitriles is 1. The Morgan fingerprint density at radius 1 is 1.03 bits per heavy atom. The highest BCUT2D eigenvalue weighted by atomic mass is 35.5. The fourth-order valence-corrected chi connectivity index (χ4v) is 4.48. The molecule has 0 bridgehead atoms. The highest BCUT2D eigenvalue weighted by Gasteiger charge is 2.15. The van der Waals surface area contributed by atoms with E-state index in [9.17, 15) is 10.1 Å². The number of benzene rings is 3. The van der Waals surface area contributed by atoms with E-state index in [0.717, 1.165) is 17.5 Å². The lowest BCUT2D eigenvalue weighted by molar-refractivity contribution is -0.117. The van der Waals surface area contributed by atoms with Crippen molar-refractivity contribution < 1.29 is 4.79 Å². The van der Waals surface area contributed by atoms with Crippen LogP contribution in [0.1, 0.15) is 36.1 Å². The molecular weight excluding hydrogens is 439 g/mol. The first-order valence-corrected chi connectivity index (χ1v) is 11.1. The summed E-state index contributed by atoms with van der Waals surface area (Å²) in [6.07, 6.45) is 1.17. The highest BCUT2D eigenvalue weighted by Crippen LogP contribution is 2.38. The van der Waals surface area contributed by atoms with Crippen molar-refractivity contribution in [2.24, 2.45) is 5.92 Å². The molecule has 0 amide bonds. The molecule has 0 saturated heterocycles. The molecule has 3 aromatic rings. The molecule has 32 heavy (non-hydrogen) atoms. The van der Waals surface area contributed by atoms with Gasteiger partial charge in [0.05, 0.1) is 28.3 Å². The van der Waals surface area contributed by atoms with Crippen molar-refractivity contribution in [1.29, 1.82) is 5.26 Å². The van der Waals surface area contributed by atoms with Gasteiger partial charge < -0.3 is 0 Å². The minimum atomic E-state index is -0.0269. The van der Waals surface area contributed by atoms with Crippen LogP contribution in [0.5, 0.6) is 0 Å². The van der Waals surface area contributed by atoms with E-state index in [0.29, 0.717) is 43.9 Å². The summed E-state index contributed by atoms with van der Waals surface area (Å²) < 4.78 is 0. The summed E-state index contributed by atoms with van der Waals surface area (Å²) in [4.78, 5) is 16.3. The van der Waals surface area contributed by atoms with Crippen molar-refractivity contribution in [3.63, 3.8) is 0 Å². The maximum atomic E-state index is 12.6. The minimum absolute atomic E-state index is 0.0269. The largest absolute Gasteiger partial charge is 0.299 e. The lowest BCUT2D eigenvalue weighted by Gasteiger charge is -2.13. The third kappa shape index (κ3) is 5.57. The fraction of sp³-hybridized carbons (Fsp3) is 0.222. The summed E-state index contributed by atoms with van der Waals surface area (Å²) in [5.41, 5.74) is 4.96. The average molecular weight is 461 g/mol. The van der Waals surface area contributed by atoms with Crippen LogP contribution in [-0.2, 0) is 24.1 Å². The lowest BCUT2D eigenvalue weighted by Crippen LogP contribution is -2.08. The van der Waals surface area contributed by atoms with Gasteiger partial charge >= 0.3 is 0 Å². The second kappa shape index (κ2) is 10.5. The Bertz CT molecular complexity index is 1230. The number of halogens is 2. The first-order chi connectivity index (χ1) is 15.3. The fourth-order valence-electron chi connectivity index (χ4n) is 3.73. The van der Waals surface area contributed by atoms with Gasteiger partial charge in [-0.3, -0.25) is 4.79 Å². The van der Waals surface area contributed by atoms with Gasteiger partial charge in [-0.15, -0.1) is 0 Å². The summed E-state index contributed by atoms with van der Waals surface area (Å²) >= 11 is 13.1. The molecule has 0 aliphatic heterocycles. The van der Waals surface area contributed by atoms with E-state index < -0.39 is 0 Å². The third-order valence-electron chi connectivity index (χ3n) is 5.15. The van der Waals surface area contributed by atoms with Gasteiger partial charge in [0.15, 0.2) is 5.69 Å². The van der Waals surface area contributed by atoms with Crippen LogP contribution in [0, 0.1) is 23.8 Å². The molecule has 5 heteroatoms. The normalized spacial score (nSPS) is 10.6. The van der Waals surface area contributed by atoms with Crippen molar-refractivity contribution in [1.82, 2.24) is 0 Å². The molecule has 0 heterocycles. The molecule has 3 nitrogen and oxygen atoms in total. The van der Waals surface area contributed by atoms with Gasteiger partial charge in [0, 0.05) is 18.4 Å². The van der Waals surface area contributed by atoms with Crippen LogP contribution >= 0.6 is 23.2 Å². The van der Waals surface area contributed by atoms with E-state index >= 15 is 0 Å². The molecule has 0 fully saturated rings. The number of rotatable bonds is 7. The van der Waals surface area contributed by atoms with Crippen LogP contribution in [0.25, 0.3) is 16.0 Å². The van der Waals surface area contributed by atoms with Gasteiger partial charge in [-0.2, -0.15) is 5.26 Å². The Labute approximate surface area is 199 Å². The quantitative estimate of drug-likeness (QED) is 0.340. The van der Waals surface area contributed by atoms with Crippen molar-refractivity contribution in [2.75, 3.05) is 0 Å². The van der Waals surface area contributed by atoms with Gasteiger partial charge in [0.25, 0.3) is 0 Å². The maximum Gasteiger partial charge on any atom is 0.191 e. The Morgan fingerprint density at radius 2 is 1.72 bits per heavy atom. The molecular formula is C27H22Cl2N2O. The number of carbonyl (C=O) groups is 1. The first-order valence-electron chi connectivity index (χ1n) is 10.3. The smallest absolute Gasteiger partial charge is 0.191 e. The van der Waals surface area contributed by atoms with Crippen molar-refractivity contribution in [3.05, 3.63) is 98.3 Å². The molecule has 0 atom stereocenters. The number of hydrogen-bond acceptors (Lipinski definition) is 2. The molecule has 0 N–H and O–H groups in total. The monoisotopic (exact) mass is 460 g/mol. The zero-order valence-electron chi connectivity index (χ0n) is 18.0. The molecule has 0 radical (unpaired) electrons. The molecule has 0 aliphatic rings. The van der Waals surface area contributed by atoms with Crippen LogP contribution in [-0.4, -0.2) is 5.78 Å². The second-order valence-corrected chi connectivity index (χ2v) is 8.96. The average Bonchev–Trinajstić information content (AvgIpc) is 2.74. The Kier molecular flexibility index (Phi) is 7.70. The summed E-state index contributed by atoms with van der Waals surface area (Å²) in [5.74, 6) is 0.423. The Morgan fingerprint density at radius 3 is 2.34 bits per heavy atom. The van der Waals surface area contributed by atoms with Crippen LogP contribution in [0.15, 0.2) is 54.6 Å². The van der Waals surface area contributed by atoms with Gasteiger partial charge in [-0.1, -0.05) is 67.4 Å². The van der Waals surface area contributed by atoms with Gasteiger partial charge in [0.1, 0.15) is 5.78 Å². The molecule has 0 aliphatic carbocycles. The summed E-state index contributed by atoms with van der Waals surface area (Å²) in [5, 5.41) is 10.1. The number of carbonyl (C=O) groups excluding carboxylic acids is 1. The van der Waals surface area contributed by atoms with Crippen LogP contribution in [0.2, 0.25) is 10.0 Å². The number of Topliss-reactive ketones (excluding diaryl/α,β-unsaturated/α-hetero) is 1. The first kappa shape index (κ1) is 23.6. The van der Waals surface area contributed by atoms with Crippen molar-refractivity contribution in [2.45, 2.75) is 33.1 Å². The summed E-state index contributed by atoms with van der Waals surface area (Å²) in [6, 6.07) is 18.4. The lowest BCUT2D eigenvalue weighted by atomic mass is 9.95. The van der Waals surface area contributed by atoms with Gasteiger partial charge in [-0.05, 0) is 58.9 Å². The molecule has 160 valence electrons. The second-order valence-electron chi connectivity index (χ2n) is 8.15. The van der Waals surface area contributed by atoms with Crippen molar-refractivity contribution in [3.8, 4) is 17.2 Å². The summed E-state index contributed by atoms with van der Waals surface area (Å²) in [7, 11) is 0. The van der Waals surface area contributed by atoms with Gasteiger partial charge in [0.2, 0.25) is 0 Å². The molecule has 3 rings (SSSR count). The van der Waals surface area contributed by atoms with Crippen LogP contribution in [0.4, 0.5) is 5.69 Å². The summed E-state index contributed by atoms with van der Waals surface area (Å²) in [6.45, 7) is 11.8. The van der Waals surface area contributed by atoms with Crippen molar-refractivity contribution >= 4 is 34.7 Å².